The molecule has 0 aliphatic carbocycles. The molecule has 2 atom stereocenters. The number of likely N-dealkylation sites (tertiary alicyclic amines) is 1. The maximum atomic E-state index is 9.42. The molecule has 0 aromatic heterocycles. The van der Waals surface area contributed by atoms with Crippen LogP contribution in [-0.4, -0.2) is 52.7 Å². The van der Waals surface area contributed by atoms with E-state index in [0.717, 1.165) is 12.3 Å². The van der Waals surface area contributed by atoms with Gasteiger partial charge in [-0.25, -0.2) is 0 Å². The smallest absolute Gasteiger partial charge is 0.0938 e. The van der Waals surface area contributed by atoms with E-state index in [9.17, 15) is 10.2 Å². The molecule has 2 N–H and O–H groups in total. The lowest BCUT2D eigenvalue weighted by Gasteiger charge is -2.13. The van der Waals surface area contributed by atoms with Crippen molar-refractivity contribution in [2.75, 3.05) is 25.4 Å². The van der Waals surface area contributed by atoms with Crippen LogP contribution < -0.4 is 0 Å². The number of aryl methyl sites for hydroxylation is 1. The van der Waals surface area contributed by atoms with E-state index in [2.05, 4.69) is 36.1 Å². The average molecular weight is 253 g/mol. The molecular formula is C13H19NO2S. The summed E-state index contributed by atoms with van der Waals surface area (Å²) in [4.78, 5) is 3.38. The van der Waals surface area contributed by atoms with Gasteiger partial charge in [0.15, 0.2) is 0 Å². The van der Waals surface area contributed by atoms with Crippen molar-refractivity contribution < 1.29 is 10.2 Å². The van der Waals surface area contributed by atoms with E-state index >= 15 is 0 Å². The van der Waals surface area contributed by atoms with Gasteiger partial charge in [0, 0.05) is 30.3 Å². The van der Waals surface area contributed by atoms with Crippen LogP contribution in [-0.2, 0) is 0 Å². The third-order valence-electron chi connectivity index (χ3n) is 3.03. The zero-order valence-electron chi connectivity index (χ0n) is 10.0. The third-order valence-corrected chi connectivity index (χ3v) is 4.02. The van der Waals surface area contributed by atoms with Crippen molar-refractivity contribution in [2.45, 2.75) is 24.0 Å². The first-order chi connectivity index (χ1) is 8.15. The minimum Gasteiger partial charge on any atom is -0.389 e. The first-order valence-corrected chi connectivity index (χ1v) is 6.91. The lowest BCUT2D eigenvalue weighted by Crippen LogP contribution is -2.24. The van der Waals surface area contributed by atoms with E-state index in [4.69, 9.17) is 0 Å². The van der Waals surface area contributed by atoms with Gasteiger partial charge in [-0.15, -0.1) is 11.8 Å². The van der Waals surface area contributed by atoms with Gasteiger partial charge < -0.3 is 10.2 Å². The Kier molecular flexibility index (Phi) is 4.45. The second-order valence-electron chi connectivity index (χ2n) is 4.56. The lowest BCUT2D eigenvalue weighted by atomic mass is 10.2. The van der Waals surface area contributed by atoms with Crippen molar-refractivity contribution in [3.63, 3.8) is 0 Å². The van der Waals surface area contributed by atoms with Gasteiger partial charge in [0.1, 0.15) is 0 Å². The number of nitrogens with zero attached hydrogens (tertiary/aromatic N) is 1. The van der Waals surface area contributed by atoms with Gasteiger partial charge >= 0.3 is 0 Å². The highest BCUT2D eigenvalue weighted by Gasteiger charge is 2.28. The predicted molar refractivity (Wildman–Crippen MR) is 70.4 cm³/mol. The Morgan fingerprint density at radius 2 is 1.76 bits per heavy atom. The van der Waals surface area contributed by atoms with Crippen molar-refractivity contribution in [2.24, 2.45) is 0 Å². The predicted octanol–water partition coefficient (Wildman–Crippen LogP) is 1.12. The Labute approximate surface area is 106 Å². The summed E-state index contributed by atoms with van der Waals surface area (Å²) in [6, 6.07) is 8.50. The maximum Gasteiger partial charge on any atom is 0.0938 e. The summed E-state index contributed by atoms with van der Waals surface area (Å²) in [6.07, 6.45) is -1.14. The Bertz CT molecular complexity index is 345. The summed E-state index contributed by atoms with van der Waals surface area (Å²) in [5.41, 5.74) is 1.28. The molecule has 2 unspecified atom stereocenters. The Balaban J connectivity index is 1.71. The van der Waals surface area contributed by atoms with Gasteiger partial charge in [-0.1, -0.05) is 17.7 Å². The van der Waals surface area contributed by atoms with Gasteiger partial charge in [0.25, 0.3) is 0 Å². The molecule has 4 heteroatoms. The van der Waals surface area contributed by atoms with Crippen LogP contribution in [0.4, 0.5) is 0 Å². The van der Waals surface area contributed by atoms with Crippen molar-refractivity contribution >= 4 is 11.8 Å². The van der Waals surface area contributed by atoms with Crippen LogP contribution in [0, 0.1) is 6.92 Å². The van der Waals surface area contributed by atoms with E-state index < -0.39 is 12.2 Å². The van der Waals surface area contributed by atoms with E-state index in [1.165, 1.54) is 10.5 Å². The summed E-state index contributed by atoms with van der Waals surface area (Å²) in [5.74, 6) is 0.989. The quantitative estimate of drug-likeness (QED) is 0.789. The molecule has 0 amide bonds. The largest absolute Gasteiger partial charge is 0.389 e. The number of hydrogen-bond acceptors (Lipinski definition) is 4. The summed E-state index contributed by atoms with van der Waals surface area (Å²) < 4.78 is 0. The normalized spacial score (nSPS) is 25.4. The summed E-state index contributed by atoms with van der Waals surface area (Å²) in [7, 11) is 0. The van der Waals surface area contributed by atoms with Gasteiger partial charge in [-0.05, 0) is 19.1 Å². The van der Waals surface area contributed by atoms with Crippen molar-refractivity contribution in [1.29, 1.82) is 0 Å². The molecule has 1 aromatic rings. The highest BCUT2D eigenvalue weighted by Crippen LogP contribution is 2.19. The number of hydrogen-bond donors (Lipinski definition) is 2. The van der Waals surface area contributed by atoms with E-state index in [-0.39, 0.29) is 0 Å². The zero-order valence-corrected chi connectivity index (χ0v) is 10.9. The monoisotopic (exact) mass is 253 g/mol. The highest BCUT2D eigenvalue weighted by atomic mass is 32.2. The fourth-order valence-corrected chi connectivity index (χ4v) is 2.87. The topological polar surface area (TPSA) is 43.7 Å². The van der Waals surface area contributed by atoms with E-state index in [1.807, 2.05) is 11.8 Å². The standard InChI is InChI=1S/C13H19NO2S/c1-10-2-4-11(5-3-10)17-7-6-14-8-12(15)13(16)9-14/h2-5,12-13,15-16H,6-9H2,1H3. The first kappa shape index (κ1) is 12.9. The number of rotatable bonds is 4. The molecule has 0 bridgehead atoms. The number of aliphatic hydroxyl groups excluding tert-OH is 2. The molecule has 1 aliphatic rings. The molecule has 1 aromatic carbocycles. The number of aliphatic hydroxyl groups is 2. The molecule has 2 rings (SSSR count). The molecule has 94 valence electrons. The van der Waals surface area contributed by atoms with Crippen LogP contribution in [0.5, 0.6) is 0 Å². The van der Waals surface area contributed by atoms with Crippen LogP contribution in [0.1, 0.15) is 5.56 Å². The summed E-state index contributed by atoms with van der Waals surface area (Å²) in [6.45, 7) is 4.18. The average Bonchev–Trinajstić information content (AvgIpc) is 2.61. The molecule has 0 radical (unpaired) electrons. The highest BCUT2D eigenvalue weighted by molar-refractivity contribution is 7.99. The Morgan fingerprint density at radius 3 is 2.35 bits per heavy atom. The fraction of sp³-hybridized carbons (Fsp3) is 0.538. The lowest BCUT2D eigenvalue weighted by molar-refractivity contribution is 0.0572. The fourth-order valence-electron chi connectivity index (χ4n) is 1.96. The number of benzene rings is 1. The SMILES string of the molecule is Cc1ccc(SCCN2CC(O)C(O)C2)cc1. The van der Waals surface area contributed by atoms with Crippen LogP contribution in [0.25, 0.3) is 0 Å². The molecule has 17 heavy (non-hydrogen) atoms. The van der Waals surface area contributed by atoms with Crippen molar-refractivity contribution in [3.8, 4) is 0 Å². The van der Waals surface area contributed by atoms with Crippen LogP contribution in [0.2, 0.25) is 0 Å². The van der Waals surface area contributed by atoms with Crippen molar-refractivity contribution in [3.05, 3.63) is 29.8 Å². The molecule has 1 fully saturated rings. The second kappa shape index (κ2) is 5.87. The van der Waals surface area contributed by atoms with Crippen LogP contribution >= 0.6 is 11.8 Å². The Hall–Kier alpha value is -0.550. The van der Waals surface area contributed by atoms with Gasteiger partial charge in [0.2, 0.25) is 0 Å². The molecule has 1 saturated heterocycles. The van der Waals surface area contributed by atoms with Crippen molar-refractivity contribution in [1.82, 2.24) is 4.90 Å². The van der Waals surface area contributed by atoms with Crippen LogP contribution in [0.3, 0.4) is 0 Å². The van der Waals surface area contributed by atoms with Crippen LogP contribution in [0.15, 0.2) is 29.2 Å². The molecule has 0 saturated carbocycles. The van der Waals surface area contributed by atoms with E-state index in [0.29, 0.717) is 13.1 Å². The molecular weight excluding hydrogens is 234 g/mol. The molecule has 1 heterocycles. The first-order valence-electron chi connectivity index (χ1n) is 5.93. The third kappa shape index (κ3) is 3.71. The maximum absolute atomic E-state index is 9.42. The summed E-state index contributed by atoms with van der Waals surface area (Å²) in [5, 5.41) is 18.8. The second-order valence-corrected chi connectivity index (χ2v) is 5.72. The minimum absolute atomic E-state index is 0.570. The van der Waals surface area contributed by atoms with Gasteiger partial charge in [0.05, 0.1) is 12.2 Å². The zero-order chi connectivity index (χ0) is 12.3. The Morgan fingerprint density at radius 1 is 1.18 bits per heavy atom. The number of β-amino-alcohol motifs (C(OH)–C–C–N with tert-alkyl or cyclic N) is 2. The minimum atomic E-state index is -0.570. The molecule has 3 nitrogen and oxygen atoms in total. The summed E-state index contributed by atoms with van der Waals surface area (Å²) >= 11 is 1.81. The van der Waals surface area contributed by atoms with Gasteiger partial charge in [-0.3, -0.25) is 4.90 Å². The number of thioether (sulfide) groups is 1. The van der Waals surface area contributed by atoms with E-state index in [1.54, 1.807) is 0 Å². The molecule has 1 aliphatic heterocycles. The molecule has 0 spiro atoms. The van der Waals surface area contributed by atoms with Gasteiger partial charge in [-0.2, -0.15) is 0 Å².